The Morgan fingerprint density at radius 3 is 2.70 bits per heavy atom. The van der Waals surface area contributed by atoms with Gasteiger partial charge in [-0.25, -0.2) is 4.98 Å². The van der Waals surface area contributed by atoms with Crippen molar-refractivity contribution in [3.63, 3.8) is 0 Å². The van der Waals surface area contributed by atoms with E-state index in [1.54, 1.807) is 6.20 Å². The molecule has 1 saturated heterocycles. The van der Waals surface area contributed by atoms with Gasteiger partial charge in [-0.3, -0.25) is 0 Å². The quantitative estimate of drug-likeness (QED) is 0.514. The van der Waals surface area contributed by atoms with Crippen LogP contribution in [-0.2, 0) is 9.31 Å². The molecule has 0 aromatic carbocycles. The molecule has 0 aliphatic carbocycles. The van der Waals surface area contributed by atoms with Gasteiger partial charge in [-0.2, -0.15) is 0 Å². The zero-order valence-electron chi connectivity index (χ0n) is 12.3. The fourth-order valence-corrected chi connectivity index (χ4v) is 2.29. The van der Waals surface area contributed by atoms with Crippen molar-refractivity contribution in [2.24, 2.45) is 0 Å². The number of unbranched alkanes of at least 4 members (excludes halogenated alkanes) is 5. The van der Waals surface area contributed by atoms with Gasteiger partial charge in [0.15, 0.2) is 0 Å². The van der Waals surface area contributed by atoms with Gasteiger partial charge in [-0.1, -0.05) is 45.1 Å². The highest BCUT2D eigenvalue weighted by atomic mass is 16.6. The molecular weight excluding hydrogens is 253 g/mol. The number of hydrogen-bond acceptors (Lipinski definition) is 4. The van der Waals surface area contributed by atoms with Gasteiger partial charge in [-0.05, 0) is 12.5 Å². The van der Waals surface area contributed by atoms with Gasteiger partial charge in [0.1, 0.15) is 0 Å². The summed E-state index contributed by atoms with van der Waals surface area (Å²) in [5, 5.41) is 0. The third-order valence-corrected chi connectivity index (χ3v) is 3.41. The van der Waals surface area contributed by atoms with Crippen LogP contribution in [0.2, 0.25) is 0 Å². The lowest BCUT2D eigenvalue weighted by molar-refractivity contribution is 0.293. The predicted octanol–water partition coefficient (Wildman–Crippen LogP) is 2.56. The van der Waals surface area contributed by atoms with Crippen molar-refractivity contribution in [1.82, 2.24) is 4.98 Å². The van der Waals surface area contributed by atoms with E-state index >= 15 is 0 Å². The summed E-state index contributed by atoms with van der Waals surface area (Å²) in [6.07, 6.45) is 9.28. The highest BCUT2D eigenvalue weighted by Crippen LogP contribution is 2.10. The van der Waals surface area contributed by atoms with E-state index < -0.39 is 0 Å². The Labute approximate surface area is 122 Å². The number of rotatable bonds is 9. The van der Waals surface area contributed by atoms with E-state index in [4.69, 9.17) is 14.0 Å². The normalized spacial score (nSPS) is 14.8. The lowest BCUT2D eigenvalue weighted by atomic mass is 9.80. The van der Waals surface area contributed by atoms with Gasteiger partial charge >= 0.3 is 7.12 Å². The van der Waals surface area contributed by atoms with E-state index in [0.717, 1.165) is 11.9 Å². The minimum atomic E-state index is -0.316. The van der Waals surface area contributed by atoms with Crippen LogP contribution in [-0.4, -0.2) is 31.9 Å². The number of nitrogens with zero attached hydrogens (tertiary/aromatic N) is 1. The number of ether oxygens (including phenoxy) is 1. The largest absolute Gasteiger partial charge is 0.499 e. The molecule has 2 rings (SSSR count). The molecule has 2 heterocycles. The smallest absolute Gasteiger partial charge is 0.478 e. The van der Waals surface area contributed by atoms with Gasteiger partial charge in [-0.15, -0.1) is 0 Å². The summed E-state index contributed by atoms with van der Waals surface area (Å²) in [4.78, 5) is 4.29. The molecule has 1 aliphatic rings. The second-order valence-electron chi connectivity index (χ2n) is 5.09. The van der Waals surface area contributed by atoms with Crippen LogP contribution in [0.5, 0.6) is 5.88 Å². The van der Waals surface area contributed by atoms with Crippen molar-refractivity contribution in [2.75, 3.05) is 19.8 Å². The van der Waals surface area contributed by atoms with Crippen LogP contribution in [0.15, 0.2) is 18.3 Å². The summed E-state index contributed by atoms with van der Waals surface area (Å²) in [5.41, 5.74) is 0.899. The Hall–Kier alpha value is -1.07. The SMILES string of the molecule is CCCCCCCCOc1ncccc1B1OCCO1. The molecule has 0 radical (unpaired) electrons. The van der Waals surface area contributed by atoms with Crippen LogP contribution in [0.25, 0.3) is 0 Å². The van der Waals surface area contributed by atoms with E-state index in [0.29, 0.717) is 25.7 Å². The zero-order valence-corrected chi connectivity index (χ0v) is 12.3. The fraction of sp³-hybridized carbons (Fsp3) is 0.667. The summed E-state index contributed by atoms with van der Waals surface area (Å²) in [6.45, 7) is 4.22. The first kappa shape index (κ1) is 15.3. The molecule has 1 aliphatic heterocycles. The Balaban J connectivity index is 1.72. The molecule has 4 nitrogen and oxygen atoms in total. The molecule has 1 fully saturated rings. The molecule has 1 aromatic rings. The topological polar surface area (TPSA) is 40.6 Å². The lowest BCUT2D eigenvalue weighted by Crippen LogP contribution is -2.33. The molecule has 1 aromatic heterocycles. The Morgan fingerprint density at radius 1 is 1.15 bits per heavy atom. The molecule has 0 amide bonds. The van der Waals surface area contributed by atoms with Crippen LogP contribution < -0.4 is 10.2 Å². The summed E-state index contributed by atoms with van der Waals surface area (Å²) in [6, 6.07) is 3.84. The monoisotopic (exact) mass is 277 g/mol. The Bertz CT molecular complexity index is 383. The Kier molecular flexibility index (Phi) is 6.88. The molecule has 110 valence electrons. The number of pyridine rings is 1. The molecule has 0 unspecified atom stereocenters. The van der Waals surface area contributed by atoms with Gasteiger partial charge in [0, 0.05) is 11.7 Å². The average Bonchev–Trinajstić information content (AvgIpc) is 3.01. The fourth-order valence-electron chi connectivity index (χ4n) is 2.29. The average molecular weight is 277 g/mol. The first-order valence-electron chi connectivity index (χ1n) is 7.72. The van der Waals surface area contributed by atoms with Crippen molar-refractivity contribution >= 4 is 12.6 Å². The van der Waals surface area contributed by atoms with Crippen molar-refractivity contribution < 1.29 is 14.0 Å². The van der Waals surface area contributed by atoms with Crippen molar-refractivity contribution in [3.8, 4) is 5.88 Å². The molecule has 0 spiro atoms. The third-order valence-electron chi connectivity index (χ3n) is 3.41. The highest BCUT2D eigenvalue weighted by Gasteiger charge is 2.29. The van der Waals surface area contributed by atoms with Gasteiger partial charge in [0.2, 0.25) is 5.88 Å². The minimum Gasteiger partial charge on any atom is -0.478 e. The molecule has 0 saturated carbocycles. The predicted molar refractivity (Wildman–Crippen MR) is 80.4 cm³/mol. The van der Waals surface area contributed by atoms with Gasteiger partial charge in [0.05, 0.1) is 19.8 Å². The number of aromatic nitrogens is 1. The molecule has 0 atom stereocenters. The third kappa shape index (κ3) is 4.80. The zero-order chi connectivity index (χ0) is 14.0. The van der Waals surface area contributed by atoms with Crippen LogP contribution in [0.1, 0.15) is 45.4 Å². The van der Waals surface area contributed by atoms with Crippen molar-refractivity contribution in [2.45, 2.75) is 45.4 Å². The first-order chi connectivity index (χ1) is 9.92. The van der Waals surface area contributed by atoms with Crippen molar-refractivity contribution in [3.05, 3.63) is 18.3 Å². The van der Waals surface area contributed by atoms with Crippen LogP contribution in [0.3, 0.4) is 0 Å². The summed E-state index contributed by atoms with van der Waals surface area (Å²) in [5.74, 6) is 0.646. The first-order valence-corrected chi connectivity index (χ1v) is 7.72. The molecule has 0 N–H and O–H groups in total. The molecule has 0 bridgehead atoms. The van der Waals surface area contributed by atoms with E-state index in [1.165, 1.54) is 32.1 Å². The van der Waals surface area contributed by atoms with Gasteiger partial charge in [0.25, 0.3) is 0 Å². The lowest BCUT2D eigenvalue weighted by Gasteiger charge is -2.11. The van der Waals surface area contributed by atoms with Gasteiger partial charge < -0.3 is 14.0 Å². The second kappa shape index (κ2) is 8.98. The maximum absolute atomic E-state index is 5.78. The highest BCUT2D eigenvalue weighted by molar-refractivity contribution is 6.62. The maximum atomic E-state index is 5.78. The molecule has 20 heavy (non-hydrogen) atoms. The van der Waals surface area contributed by atoms with Crippen LogP contribution in [0, 0.1) is 0 Å². The summed E-state index contributed by atoms with van der Waals surface area (Å²) in [7, 11) is -0.316. The van der Waals surface area contributed by atoms with Crippen LogP contribution >= 0.6 is 0 Å². The number of hydrogen-bond donors (Lipinski definition) is 0. The molecule has 5 heteroatoms. The minimum absolute atomic E-state index is 0.316. The second-order valence-corrected chi connectivity index (χ2v) is 5.09. The standard InChI is InChI=1S/C15H24BNO3/c1-2-3-4-5-6-7-11-18-15-14(9-8-10-17-15)16-19-12-13-20-16/h8-10H,2-7,11-13H2,1H3. The van der Waals surface area contributed by atoms with E-state index in [2.05, 4.69) is 11.9 Å². The summed E-state index contributed by atoms with van der Waals surface area (Å²) >= 11 is 0. The van der Waals surface area contributed by atoms with E-state index in [9.17, 15) is 0 Å². The molecular formula is C15H24BNO3. The van der Waals surface area contributed by atoms with Crippen LogP contribution in [0.4, 0.5) is 0 Å². The van der Waals surface area contributed by atoms with E-state index in [-0.39, 0.29) is 7.12 Å². The summed E-state index contributed by atoms with van der Waals surface area (Å²) < 4.78 is 16.8. The Morgan fingerprint density at radius 2 is 1.90 bits per heavy atom. The van der Waals surface area contributed by atoms with Crippen molar-refractivity contribution in [1.29, 1.82) is 0 Å². The van der Waals surface area contributed by atoms with E-state index in [1.807, 2.05) is 12.1 Å². The maximum Gasteiger partial charge on any atom is 0.499 e.